The molecule has 2 atom stereocenters. The Balaban J connectivity index is 1.70. The van der Waals surface area contributed by atoms with Gasteiger partial charge in [0.15, 0.2) is 0 Å². The molecule has 1 amide bonds. The minimum atomic E-state index is -0.0642. The molecule has 1 aliphatic rings. The van der Waals surface area contributed by atoms with E-state index in [0.717, 1.165) is 17.3 Å². The molecule has 2 aromatic heterocycles. The molecular formula is C18H16BrN3OS. The van der Waals surface area contributed by atoms with Gasteiger partial charge in [-0.25, -0.2) is 4.98 Å². The minimum absolute atomic E-state index is 0.0382. The van der Waals surface area contributed by atoms with Crippen LogP contribution in [-0.2, 0) is 6.42 Å². The van der Waals surface area contributed by atoms with Crippen LogP contribution in [0.2, 0.25) is 0 Å². The van der Waals surface area contributed by atoms with Crippen molar-refractivity contribution in [3.05, 3.63) is 74.9 Å². The molecule has 4 rings (SSSR count). The summed E-state index contributed by atoms with van der Waals surface area (Å²) in [6.45, 7) is 0. The van der Waals surface area contributed by atoms with E-state index >= 15 is 0 Å². The number of aryl methyl sites for hydroxylation is 1. The number of carbonyl (C=O) groups excluding carboxylic acids is 1. The van der Waals surface area contributed by atoms with E-state index in [-0.39, 0.29) is 18.0 Å². The van der Waals surface area contributed by atoms with E-state index < -0.39 is 0 Å². The van der Waals surface area contributed by atoms with Crippen molar-refractivity contribution in [1.29, 1.82) is 0 Å². The summed E-state index contributed by atoms with van der Waals surface area (Å²) in [5.41, 5.74) is 2.51. The van der Waals surface area contributed by atoms with Gasteiger partial charge in [-0.2, -0.15) is 0 Å². The summed E-state index contributed by atoms with van der Waals surface area (Å²) in [6.07, 6.45) is 7.57. The molecule has 24 heavy (non-hydrogen) atoms. The average molecular weight is 402 g/mol. The van der Waals surface area contributed by atoms with Gasteiger partial charge < -0.3 is 9.88 Å². The van der Waals surface area contributed by atoms with E-state index in [2.05, 4.69) is 49.0 Å². The van der Waals surface area contributed by atoms with Gasteiger partial charge in [0.05, 0.1) is 18.4 Å². The number of nitrogens with zero attached hydrogens (tertiary/aromatic N) is 2. The Morgan fingerprint density at radius 3 is 2.96 bits per heavy atom. The molecule has 1 aliphatic carbocycles. The number of hydrogen-bond acceptors (Lipinski definition) is 3. The normalized spacial score (nSPS) is 19.7. The summed E-state index contributed by atoms with van der Waals surface area (Å²) < 4.78 is 2.94. The molecular weight excluding hydrogens is 386 g/mol. The van der Waals surface area contributed by atoms with Gasteiger partial charge in [0.1, 0.15) is 4.88 Å². The fraction of sp³-hybridized carbons (Fsp3) is 0.222. The van der Waals surface area contributed by atoms with E-state index in [1.165, 1.54) is 22.5 Å². The topological polar surface area (TPSA) is 46.9 Å². The zero-order chi connectivity index (χ0) is 16.5. The largest absolute Gasteiger partial charge is 0.342 e. The second kappa shape index (κ2) is 6.53. The lowest BCUT2D eigenvalue weighted by Gasteiger charge is -2.35. The third-order valence-corrected chi connectivity index (χ3v) is 6.34. The number of aromatic nitrogens is 2. The Morgan fingerprint density at radius 2 is 2.21 bits per heavy atom. The van der Waals surface area contributed by atoms with Crippen molar-refractivity contribution in [3.8, 4) is 0 Å². The second-order valence-corrected chi connectivity index (χ2v) is 7.63. The maximum Gasteiger partial charge on any atom is 0.263 e. The lowest BCUT2D eigenvalue weighted by molar-refractivity contribution is 0.0921. The molecule has 1 aromatic carbocycles. The Hall–Kier alpha value is -1.92. The second-order valence-electron chi connectivity index (χ2n) is 5.86. The first kappa shape index (κ1) is 15.6. The van der Waals surface area contributed by atoms with Gasteiger partial charge in [-0.15, -0.1) is 11.3 Å². The van der Waals surface area contributed by atoms with Crippen molar-refractivity contribution in [1.82, 2.24) is 14.9 Å². The summed E-state index contributed by atoms with van der Waals surface area (Å²) in [5, 5.41) is 5.17. The van der Waals surface area contributed by atoms with Gasteiger partial charge in [-0.05, 0) is 51.3 Å². The number of fused-ring (bicyclic) bond motifs is 1. The van der Waals surface area contributed by atoms with E-state index in [1.54, 1.807) is 6.20 Å². The SMILES string of the molecule is O=C(N[C@@H]1c2ccccc2CC[C@H]1n1ccnc1)c1sccc1Br. The third-order valence-electron chi connectivity index (χ3n) is 4.50. The van der Waals surface area contributed by atoms with Crippen molar-refractivity contribution in [3.63, 3.8) is 0 Å². The van der Waals surface area contributed by atoms with Crippen LogP contribution < -0.4 is 5.32 Å². The Morgan fingerprint density at radius 1 is 1.33 bits per heavy atom. The quantitative estimate of drug-likeness (QED) is 0.708. The first-order valence-corrected chi connectivity index (χ1v) is 9.50. The van der Waals surface area contributed by atoms with Crippen molar-refractivity contribution < 1.29 is 4.79 Å². The standard InChI is InChI=1S/C18H16BrN3OS/c19-14-7-10-24-17(14)18(23)21-16-13-4-2-1-3-12(13)5-6-15(16)22-9-8-20-11-22/h1-4,7-11,15-16H,5-6H2,(H,21,23)/t15-,16-/m1/s1. The third kappa shape index (κ3) is 2.80. The molecule has 4 nitrogen and oxygen atoms in total. The predicted molar refractivity (Wildman–Crippen MR) is 98.3 cm³/mol. The molecule has 0 bridgehead atoms. The average Bonchev–Trinajstić information content (AvgIpc) is 3.26. The molecule has 0 saturated carbocycles. The van der Waals surface area contributed by atoms with Crippen LogP contribution >= 0.6 is 27.3 Å². The van der Waals surface area contributed by atoms with E-state index in [4.69, 9.17) is 0 Å². The van der Waals surface area contributed by atoms with Crippen LogP contribution in [0.1, 0.15) is 39.3 Å². The number of carbonyl (C=O) groups is 1. The summed E-state index contributed by atoms with van der Waals surface area (Å²) in [6, 6.07) is 10.4. The number of imidazole rings is 1. The van der Waals surface area contributed by atoms with Crippen LogP contribution in [0.3, 0.4) is 0 Å². The summed E-state index contributed by atoms with van der Waals surface area (Å²) in [4.78, 5) is 17.7. The van der Waals surface area contributed by atoms with Crippen LogP contribution in [0.25, 0.3) is 0 Å². The fourth-order valence-corrected chi connectivity index (χ4v) is 4.82. The van der Waals surface area contributed by atoms with Gasteiger partial charge >= 0.3 is 0 Å². The maximum atomic E-state index is 12.8. The Bertz CT molecular complexity index is 859. The molecule has 0 aliphatic heterocycles. The van der Waals surface area contributed by atoms with Gasteiger partial charge in [0, 0.05) is 16.9 Å². The monoisotopic (exact) mass is 401 g/mol. The van der Waals surface area contributed by atoms with Crippen LogP contribution in [0.5, 0.6) is 0 Å². The molecule has 0 spiro atoms. The van der Waals surface area contributed by atoms with Crippen LogP contribution in [0.15, 0.2) is 58.9 Å². The number of thiophene rings is 1. The number of halogens is 1. The number of hydrogen-bond donors (Lipinski definition) is 1. The highest BCUT2D eigenvalue weighted by molar-refractivity contribution is 9.10. The summed E-state index contributed by atoms with van der Waals surface area (Å²) in [7, 11) is 0. The lowest BCUT2D eigenvalue weighted by atomic mass is 9.84. The number of benzene rings is 1. The Labute approximate surface area is 152 Å². The van der Waals surface area contributed by atoms with Gasteiger partial charge in [-0.3, -0.25) is 4.79 Å². The first-order chi connectivity index (χ1) is 11.7. The van der Waals surface area contributed by atoms with Crippen molar-refractivity contribution in [2.45, 2.75) is 24.9 Å². The maximum absolute atomic E-state index is 12.8. The zero-order valence-corrected chi connectivity index (χ0v) is 15.3. The van der Waals surface area contributed by atoms with Crippen molar-refractivity contribution in [2.75, 3.05) is 0 Å². The molecule has 0 unspecified atom stereocenters. The predicted octanol–water partition coefficient (Wildman–Crippen LogP) is 4.37. The van der Waals surface area contributed by atoms with Crippen LogP contribution in [0.4, 0.5) is 0 Å². The summed E-state index contributed by atoms with van der Waals surface area (Å²) in [5.74, 6) is -0.0382. The van der Waals surface area contributed by atoms with Crippen molar-refractivity contribution in [2.24, 2.45) is 0 Å². The van der Waals surface area contributed by atoms with E-state index in [1.807, 2.05) is 30.0 Å². The number of rotatable bonds is 3. The summed E-state index contributed by atoms with van der Waals surface area (Å²) >= 11 is 4.90. The number of amides is 1. The van der Waals surface area contributed by atoms with Gasteiger partial charge in [-0.1, -0.05) is 24.3 Å². The zero-order valence-electron chi connectivity index (χ0n) is 12.9. The molecule has 1 N–H and O–H groups in total. The molecule has 0 fully saturated rings. The van der Waals surface area contributed by atoms with Crippen molar-refractivity contribution >= 4 is 33.2 Å². The fourth-order valence-electron chi connectivity index (χ4n) is 3.37. The smallest absolute Gasteiger partial charge is 0.263 e. The highest BCUT2D eigenvalue weighted by Gasteiger charge is 2.32. The van der Waals surface area contributed by atoms with Crippen LogP contribution in [0, 0.1) is 0 Å². The highest BCUT2D eigenvalue weighted by Crippen LogP contribution is 2.38. The van der Waals surface area contributed by atoms with Crippen LogP contribution in [-0.4, -0.2) is 15.5 Å². The molecule has 122 valence electrons. The lowest BCUT2D eigenvalue weighted by Crippen LogP contribution is -2.37. The minimum Gasteiger partial charge on any atom is -0.342 e. The molecule has 3 aromatic rings. The molecule has 0 saturated heterocycles. The molecule has 6 heteroatoms. The molecule has 0 radical (unpaired) electrons. The highest BCUT2D eigenvalue weighted by atomic mass is 79.9. The Kier molecular flexibility index (Phi) is 4.24. The molecule has 2 heterocycles. The first-order valence-electron chi connectivity index (χ1n) is 7.83. The van der Waals surface area contributed by atoms with E-state index in [0.29, 0.717) is 4.88 Å². The van der Waals surface area contributed by atoms with E-state index in [9.17, 15) is 4.79 Å². The van der Waals surface area contributed by atoms with Gasteiger partial charge in [0.25, 0.3) is 5.91 Å². The van der Waals surface area contributed by atoms with Gasteiger partial charge in [0.2, 0.25) is 0 Å². The number of nitrogens with one attached hydrogen (secondary N) is 1.